The highest BCUT2D eigenvalue weighted by molar-refractivity contribution is 7.99. The van der Waals surface area contributed by atoms with Crippen LogP contribution in [-0.2, 0) is 0 Å². The Hall–Kier alpha value is -0.970. The molecule has 17 heavy (non-hydrogen) atoms. The van der Waals surface area contributed by atoms with Gasteiger partial charge >= 0.3 is 0 Å². The van der Waals surface area contributed by atoms with Crippen LogP contribution in [0.5, 0.6) is 5.88 Å². The Kier molecular flexibility index (Phi) is 4.48. The zero-order valence-electron chi connectivity index (χ0n) is 10.4. The third-order valence-electron chi connectivity index (χ3n) is 2.82. The van der Waals surface area contributed by atoms with Gasteiger partial charge in [0.25, 0.3) is 0 Å². The minimum absolute atomic E-state index is 0.525. The molecule has 0 aromatic carbocycles. The SMILES string of the molecule is CCOc1ncnc(NC2CCCSC2)c1C. The largest absolute Gasteiger partial charge is 0.478 e. The first-order valence-electron chi connectivity index (χ1n) is 6.10. The smallest absolute Gasteiger partial charge is 0.221 e. The molecule has 1 N–H and O–H groups in total. The van der Waals surface area contributed by atoms with Gasteiger partial charge in [0.1, 0.15) is 12.1 Å². The molecule has 0 radical (unpaired) electrons. The lowest BCUT2D eigenvalue weighted by Crippen LogP contribution is -2.26. The summed E-state index contributed by atoms with van der Waals surface area (Å²) in [6, 6.07) is 0.525. The van der Waals surface area contributed by atoms with Gasteiger partial charge in [-0.15, -0.1) is 0 Å². The van der Waals surface area contributed by atoms with Crippen LogP contribution in [0.4, 0.5) is 5.82 Å². The molecule has 1 aromatic rings. The monoisotopic (exact) mass is 253 g/mol. The van der Waals surface area contributed by atoms with Crippen LogP contribution >= 0.6 is 11.8 Å². The first-order valence-corrected chi connectivity index (χ1v) is 7.25. The Morgan fingerprint density at radius 3 is 3.12 bits per heavy atom. The second-order valence-electron chi connectivity index (χ2n) is 4.14. The van der Waals surface area contributed by atoms with E-state index in [1.807, 2.05) is 25.6 Å². The summed E-state index contributed by atoms with van der Waals surface area (Å²) >= 11 is 2.01. The molecule has 4 nitrogen and oxygen atoms in total. The average Bonchev–Trinajstić information content (AvgIpc) is 2.36. The van der Waals surface area contributed by atoms with E-state index in [9.17, 15) is 0 Å². The van der Waals surface area contributed by atoms with Crippen LogP contribution in [0.25, 0.3) is 0 Å². The van der Waals surface area contributed by atoms with E-state index < -0.39 is 0 Å². The summed E-state index contributed by atoms with van der Waals surface area (Å²) < 4.78 is 5.47. The second-order valence-corrected chi connectivity index (χ2v) is 5.29. The van der Waals surface area contributed by atoms with E-state index in [-0.39, 0.29) is 0 Å². The molecule has 0 spiro atoms. The lowest BCUT2D eigenvalue weighted by Gasteiger charge is -2.23. The standard InChI is InChI=1S/C12H19N3OS/c1-3-16-12-9(2)11(13-8-14-12)15-10-5-4-6-17-7-10/h8,10H,3-7H2,1-2H3,(H,13,14,15). The van der Waals surface area contributed by atoms with E-state index in [1.165, 1.54) is 18.6 Å². The average molecular weight is 253 g/mol. The van der Waals surface area contributed by atoms with E-state index in [0.717, 1.165) is 17.1 Å². The van der Waals surface area contributed by atoms with Crippen molar-refractivity contribution in [2.45, 2.75) is 32.7 Å². The summed E-state index contributed by atoms with van der Waals surface area (Å²) in [7, 11) is 0. The van der Waals surface area contributed by atoms with Gasteiger partial charge < -0.3 is 10.1 Å². The summed E-state index contributed by atoms with van der Waals surface area (Å²) in [5.74, 6) is 4.04. The van der Waals surface area contributed by atoms with Gasteiger partial charge in [-0.3, -0.25) is 0 Å². The molecule has 94 valence electrons. The van der Waals surface area contributed by atoms with Crippen molar-refractivity contribution in [2.75, 3.05) is 23.4 Å². The third kappa shape index (κ3) is 3.25. The maximum atomic E-state index is 5.47. The van der Waals surface area contributed by atoms with Gasteiger partial charge in [-0.25, -0.2) is 9.97 Å². The molecular weight excluding hydrogens is 234 g/mol. The number of rotatable bonds is 4. The van der Waals surface area contributed by atoms with Gasteiger partial charge in [0.15, 0.2) is 0 Å². The number of nitrogens with one attached hydrogen (secondary N) is 1. The van der Waals surface area contributed by atoms with E-state index in [1.54, 1.807) is 6.33 Å². The number of aromatic nitrogens is 2. The summed E-state index contributed by atoms with van der Waals surface area (Å²) in [5, 5.41) is 3.50. The molecule has 5 heteroatoms. The molecule has 1 saturated heterocycles. The molecule has 0 amide bonds. The Morgan fingerprint density at radius 2 is 2.41 bits per heavy atom. The molecule has 1 aliphatic heterocycles. The molecule has 1 atom stereocenters. The normalized spacial score (nSPS) is 20.0. The van der Waals surface area contributed by atoms with Crippen molar-refractivity contribution in [1.29, 1.82) is 0 Å². The van der Waals surface area contributed by atoms with Crippen molar-refractivity contribution < 1.29 is 4.74 Å². The number of nitrogens with zero attached hydrogens (tertiary/aromatic N) is 2. The van der Waals surface area contributed by atoms with Gasteiger partial charge in [0.05, 0.1) is 12.2 Å². The second kappa shape index (κ2) is 6.10. The fourth-order valence-electron chi connectivity index (χ4n) is 1.91. The number of hydrogen-bond donors (Lipinski definition) is 1. The summed E-state index contributed by atoms with van der Waals surface area (Å²) in [6.45, 7) is 4.60. The molecule has 2 rings (SSSR count). The Balaban J connectivity index is 2.06. The lowest BCUT2D eigenvalue weighted by atomic mass is 10.2. The molecule has 0 saturated carbocycles. The number of thioether (sulfide) groups is 1. The fraction of sp³-hybridized carbons (Fsp3) is 0.667. The van der Waals surface area contributed by atoms with Crippen LogP contribution in [0, 0.1) is 6.92 Å². The van der Waals surface area contributed by atoms with Crippen LogP contribution < -0.4 is 10.1 Å². The van der Waals surface area contributed by atoms with E-state index in [2.05, 4.69) is 15.3 Å². The van der Waals surface area contributed by atoms with Crippen molar-refractivity contribution in [2.24, 2.45) is 0 Å². The van der Waals surface area contributed by atoms with Gasteiger partial charge in [-0.1, -0.05) is 0 Å². The highest BCUT2D eigenvalue weighted by atomic mass is 32.2. The van der Waals surface area contributed by atoms with Crippen molar-refractivity contribution in [3.63, 3.8) is 0 Å². The van der Waals surface area contributed by atoms with Gasteiger partial charge in [-0.05, 0) is 32.4 Å². The highest BCUT2D eigenvalue weighted by Gasteiger charge is 2.16. The molecule has 2 heterocycles. The molecule has 1 aromatic heterocycles. The maximum absolute atomic E-state index is 5.47. The number of ether oxygens (including phenoxy) is 1. The summed E-state index contributed by atoms with van der Waals surface area (Å²) in [4.78, 5) is 8.45. The van der Waals surface area contributed by atoms with E-state index >= 15 is 0 Å². The number of anilines is 1. The minimum atomic E-state index is 0.525. The fourth-order valence-corrected chi connectivity index (χ4v) is 2.98. The van der Waals surface area contributed by atoms with Crippen LogP contribution in [0.3, 0.4) is 0 Å². The number of hydrogen-bond acceptors (Lipinski definition) is 5. The molecule has 0 bridgehead atoms. The van der Waals surface area contributed by atoms with Crippen LogP contribution in [0.1, 0.15) is 25.3 Å². The highest BCUT2D eigenvalue weighted by Crippen LogP contribution is 2.24. The quantitative estimate of drug-likeness (QED) is 0.893. The van der Waals surface area contributed by atoms with Gasteiger partial charge in [0, 0.05) is 11.8 Å². The molecule has 1 fully saturated rings. The lowest BCUT2D eigenvalue weighted by molar-refractivity contribution is 0.324. The first-order chi connectivity index (χ1) is 8.31. The van der Waals surface area contributed by atoms with Crippen LogP contribution in [0.15, 0.2) is 6.33 Å². The molecular formula is C12H19N3OS. The predicted molar refractivity (Wildman–Crippen MR) is 71.9 cm³/mol. The van der Waals surface area contributed by atoms with Crippen molar-refractivity contribution in [1.82, 2.24) is 9.97 Å². The van der Waals surface area contributed by atoms with Crippen LogP contribution in [0.2, 0.25) is 0 Å². The van der Waals surface area contributed by atoms with Crippen LogP contribution in [-0.4, -0.2) is 34.1 Å². The zero-order chi connectivity index (χ0) is 12.1. The zero-order valence-corrected chi connectivity index (χ0v) is 11.2. The topological polar surface area (TPSA) is 47.0 Å². The molecule has 0 aliphatic carbocycles. The van der Waals surface area contributed by atoms with Crippen molar-refractivity contribution >= 4 is 17.6 Å². The Bertz CT molecular complexity index is 367. The van der Waals surface area contributed by atoms with Crippen molar-refractivity contribution in [3.8, 4) is 5.88 Å². The van der Waals surface area contributed by atoms with E-state index in [4.69, 9.17) is 4.74 Å². The van der Waals surface area contributed by atoms with E-state index in [0.29, 0.717) is 18.5 Å². The molecule has 1 unspecified atom stereocenters. The minimum Gasteiger partial charge on any atom is -0.478 e. The predicted octanol–water partition coefficient (Wildman–Crippen LogP) is 2.49. The van der Waals surface area contributed by atoms with Gasteiger partial charge in [0.2, 0.25) is 5.88 Å². The summed E-state index contributed by atoms with van der Waals surface area (Å²) in [5.41, 5.74) is 1.00. The Morgan fingerprint density at radius 1 is 1.53 bits per heavy atom. The molecule has 1 aliphatic rings. The summed E-state index contributed by atoms with van der Waals surface area (Å²) in [6.07, 6.45) is 4.07. The van der Waals surface area contributed by atoms with Crippen molar-refractivity contribution in [3.05, 3.63) is 11.9 Å². The Labute approximate surface area is 107 Å². The first kappa shape index (κ1) is 12.5. The maximum Gasteiger partial charge on any atom is 0.221 e. The third-order valence-corrected chi connectivity index (χ3v) is 4.04. The van der Waals surface area contributed by atoms with Gasteiger partial charge in [-0.2, -0.15) is 11.8 Å².